The number of imidazole rings is 3. The summed E-state index contributed by atoms with van der Waals surface area (Å²) in [7, 11) is 9.58. The fourth-order valence-electron chi connectivity index (χ4n) is 14.5. The maximum Gasteiger partial charge on any atom is 0.291 e. The van der Waals surface area contributed by atoms with Crippen LogP contribution in [0.1, 0.15) is 185 Å². The Morgan fingerprint density at radius 2 is 0.817 bits per heavy atom. The van der Waals surface area contributed by atoms with Crippen LogP contribution in [0.5, 0.6) is 0 Å². The molecule has 6 heterocycles. The van der Waals surface area contributed by atoms with Crippen LogP contribution >= 0.6 is 0 Å². The molecule has 15 amide bonds. The maximum atomic E-state index is 14.3. The third kappa shape index (κ3) is 37.4. The van der Waals surface area contributed by atoms with E-state index < -0.39 is 120 Å². The highest BCUT2D eigenvalue weighted by molar-refractivity contribution is 6.06. The minimum Gasteiger partial charge on any atom is -0.394 e. The lowest BCUT2D eigenvalue weighted by molar-refractivity contribution is -0.135. The van der Waals surface area contributed by atoms with E-state index in [0.717, 1.165) is 30.8 Å². The number of amides is 15. The SMILES string of the molecule is CCN(CC)CCCC[C@H](NC(=O)[C@H](CC(C)C)NC(=O)[C@H](C)NC(=O)[C@H](Cc1ccccc1)NC(=O)c1ccc(C(C)(C)C)cc1)C(=O)N[C@@H](CO)C(=O)NCCOCCOCCOCCOCCOCCNC(=O)c1nc(NC(=O)CCNC(=O)c2cc(NC(=O)c3nc(NC(=O)CCNC(=O)c4cc(NC(=O)c5nc(NC(=O)CCNC(=O)c6cccn6C)cn5C)cn4C)cn3C)cn2C)cn1C. The molecule has 0 unspecified atom stereocenters. The average Bonchev–Trinajstić information content (AvgIpc) is 1.74. The molecule has 2 aromatic carbocycles. The first kappa shape index (κ1) is 113. The molecule has 6 aromatic heterocycles. The number of hydrogen-bond donors (Lipinski definition) is 16. The van der Waals surface area contributed by atoms with Crippen LogP contribution in [0.25, 0.3) is 0 Å². The molecule has 16 N–H and O–H groups in total. The van der Waals surface area contributed by atoms with Gasteiger partial charge in [0.15, 0.2) is 17.5 Å². The van der Waals surface area contributed by atoms with Crippen LogP contribution in [0.15, 0.2) is 116 Å². The van der Waals surface area contributed by atoms with Crippen molar-refractivity contribution in [1.82, 2.24) is 100 Å². The highest BCUT2D eigenvalue weighted by Gasteiger charge is 2.34. The van der Waals surface area contributed by atoms with Gasteiger partial charge in [0.2, 0.25) is 64.7 Å². The molecule has 142 heavy (non-hydrogen) atoms. The van der Waals surface area contributed by atoms with E-state index in [1.54, 1.807) is 70.3 Å². The molecule has 0 spiro atoms. The average molecular weight is 1980 g/mol. The van der Waals surface area contributed by atoms with E-state index in [0.29, 0.717) is 24.1 Å². The van der Waals surface area contributed by atoms with Crippen molar-refractivity contribution in [1.29, 1.82) is 0 Å². The fraction of sp³-hybridized carbons (Fsp3) is 0.500. The first-order valence-electron chi connectivity index (χ1n) is 47.2. The molecular weight excluding hydrogens is 1840 g/mol. The maximum absolute atomic E-state index is 14.3. The Balaban J connectivity index is 0.633. The standard InChI is InChI=1S/C96H137N25O21/c1-15-121(16-2)40-21-20-25-68(105-89(131)69(51-61(3)4)106-84(126)62(5)102-88(130)70(52-63-23-18-17-19-24-63)107-85(127)64-27-29-65(30-28-64)96(6,7)8)87(129)108-71(60-122)86(128)100-37-41-138-43-45-140-47-49-142-50-48-141-46-44-139-42-38-101-93(135)81-112-75(57-118(81)12)109-79(124)32-35-98-91(133)73-53-66(55-116(73)10)104-95(137)83-114-77(59-120(83)14)111-80(125)33-36-99-92(134)74-54-67(56-117(74)11)103-94(136)82-113-76(58-119(82)13)110-78(123)31-34-97-90(132)72-26-22-39-115(72)9/h17-19,22-24,26-30,39,53-59,61-62,68-71,122H,15-16,20-21,25,31-38,40-52,60H2,1-14H3,(H,97,132)(H,98,133)(H,99,134)(H,100,128)(H,101,135)(H,102,130)(H,103,136)(H,104,137)(H,105,131)(H,106,126)(H,107,127)(H,108,129)(H,109,124)(H,110,123)(H,111,125)/t62-,68-,69-,70-,71-/m0/s1. The molecule has 0 bridgehead atoms. The number of aromatic nitrogens is 9. The minimum atomic E-state index is -1.39. The molecule has 772 valence electrons. The number of rotatable bonds is 61. The second-order valence-corrected chi connectivity index (χ2v) is 35.1. The number of benzene rings is 2. The molecule has 46 nitrogen and oxygen atoms in total. The first-order valence-corrected chi connectivity index (χ1v) is 47.2. The summed E-state index contributed by atoms with van der Waals surface area (Å²) in [6, 6.07) is 16.5. The summed E-state index contributed by atoms with van der Waals surface area (Å²) >= 11 is 0. The predicted octanol–water partition coefficient (Wildman–Crippen LogP) is 2.46. The lowest BCUT2D eigenvalue weighted by Crippen LogP contribution is -2.59. The van der Waals surface area contributed by atoms with Crippen molar-refractivity contribution < 1.29 is 101 Å². The number of ether oxygens (including phenoxy) is 5. The van der Waals surface area contributed by atoms with E-state index in [1.807, 2.05) is 70.2 Å². The lowest BCUT2D eigenvalue weighted by atomic mass is 9.86. The van der Waals surface area contributed by atoms with Gasteiger partial charge in [-0.05, 0) is 111 Å². The molecule has 0 aliphatic heterocycles. The zero-order valence-corrected chi connectivity index (χ0v) is 83.1. The van der Waals surface area contributed by atoms with E-state index in [4.69, 9.17) is 23.7 Å². The van der Waals surface area contributed by atoms with Gasteiger partial charge in [-0.1, -0.05) is 90.9 Å². The van der Waals surface area contributed by atoms with Crippen molar-refractivity contribution in [3.05, 3.63) is 167 Å². The van der Waals surface area contributed by atoms with Crippen LogP contribution in [0.3, 0.4) is 0 Å². The Morgan fingerprint density at radius 3 is 1.26 bits per heavy atom. The Hall–Kier alpha value is -14.3. The van der Waals surface area contributed by atoms with Gasteiger partial charge >= 0.3 is 0 Å². The van der Waals surface area contributed by atoms with Crippen molar-refractivity contribution in [3.8, 4) is 0 Å². The van der Waals surface area contributed by atoms with Crippen molar-refractivity contribution in [2.24, 2.45) is 48.2 Å². The van der Waals surface area contributed by atoms with Crippen molar-refractivity contribution in [3.63, 3.8) is 0 Å². The van der Waals surface area contributed by atoms with Crippen LogP contribution in [-0.2, 0) is 116 Å². The second kappa shape index (κ2) is 57.4. The summed E-state index contributed by atoms with van der Waals surface area (Å²) in [6.07, 6.45) is 10.3. The van der Waals surface area contributed by atoms with Gasteiger partial charge in [-0.25, -0.2) is 15.0 Å². The van der Waals surface area contributed by atoms with Gasteiger partial charge in [0.1, 0.15) is 47.3 Å². The van der Waals surface area contributed by atoms with E-state index >= 15 is 0 Å². The number of carbonyl (C=O) groups is 15. The second-order valence-electron chi connectivity index (χ2n) is 35.1. The molecule has 0 aliphatic carbocycles. The van der Waals surface area contributed by atoms with E-state index in [-0.39, 0.29) is 212 Å². The number of aryl methyl sites for hydroxylation is 6. The number of aliphatic hydroxyl groups is 1. The topological polar surface area (TPSA) is 574 Å². The smallest absolute Gasteiger partial charge is 0.291 e. The normalized spacial score (nSPS) is 12.4. The molecule has 8 aromatic rings. The summed E-state index contributed by atoms with van der Waals surface area (Å²) in [6.45, 7) is 19.4. The van der Waals surface area contributed by atoms with E-state index in [1.165, 1.54) is 79.9 Å². The van der Waals surface area contributed by atoms with Gasteiger partial charge in [0, 0.05) is 143 Å². The van der Waals surface area contributed by atoms with Gasteiger partial charge in [0.05, 0.1) is 84.1 Å². The lowest BCUT2D eigenvalue weighted by Gasteiger charge is -2.27. The largest absolute Gasteiger partial charge is 0.394 e. The summed E-state index contributed by atoms with van der Waals surface area (Å²) in [5, 5.41) is 50.6. The highest BCUT2D eigenvalue weighted by atomic mass is 16.6. The molecule has 0 aliphatic rings. The summed E-state index contributed by atoms with van der Waals surface area (Å²) in [5.74, 6) is -8.57. The van der Waals surface area contributed by atoms with Gasteiger partial charge in [-0.3, -0.25) is 71.9 Å². The first-order chi connectivity index (χ1) is 67.8. The van der Waals surface area contributed by atoms with Crippen LogP contribution in [-0.4, -0.2) is 296 Å². The Bertz CT molecular complexity index is 5550. The Kier molecular flexibility index (Phi) is 45.7. The van der Waals surface area contributed by atoms with Crippen molar-refractivity contribution in [2.75, 3.05) is 152 Å². The van der Waals surface area contributed by atoms with Crippen LogP contribution in [0.2, 0.25) is 0 Å². The summed E-state index contributed by atoms with van der Waals surface area (Å²) < 4.78 is 36.8. The third-order valence-corrected chi connectivity index (χ3v) is 22.3. The summed E-state index contributed by atoms with van der Waals surface area (Å²) in [5.41, 5.74) is 3.25. The van der Waals surface area contributed by atoms with Crippen molar-refractivity contribution >= 4 is 117 Å². The molecular formula is C96H137N25O21. The zero-order valence-electron chi connectivity index (χ0n) is 83.1. The molecule has 0 fully saturated rings. The zero-order chi connectivity index (χ0) is 104. The minimum absolute atomic E-state index is 0.0146. The fourth-order valence-corrected chi connectivity index (χ4v) is 14.5. The van der Waals surface area contributed by atoms with Gasteiger partial charge < -0.3 is 141 Å². The molecule has 0 saturated heterocycles. The Morgan fingerprint density at radius 1 is 0.394 bits per heavy atom. The molecule has 46 heteroatoms. The van der Waals surface area contributed by atoms with Gasteiger partial charge in [0.25, 0.3) is 41.4 Å². The molecule has 5 atom stereocenters. The molecule has 8 rings (SSSR count). The number of hydrogen-bond acceptors (Lipinski definition) is 25. The predicted molar refractivity (Wildman–Crippen MR) is 526 cm³/mol. The number of anilines is 5. The van der Waals surface area contributed by atoms with Gasteiger partial charge in [-0.2, -0.15) is 0 Å². The van der Waals surface area contributed by atoms with E-state index in [2.05, 4.69) is 120 Å². The quantitative estimate of drug-likeness (QED) is 0.0243. The number of nitrogens with one attached hydrogen (secondary N) is 15. The van der Waals surface area contributed by atoms with Crippen LogP contribution in [0.4, 0.5) is 28.8 Å². The summed E-state index contributed by atoms with van der Waals surface area (Å²) in [4.78, 5) is 215. The molecule has 0 saturated carbocycles. The highest BCUT2D eigenvalue weighted by Crippen LogP contribution is 2.24. The molecule has 0 radical (unpaired) electrons. The number of nitrogens with zero attached hydrogens (tertiary/aromatic N) is 10. The number of carbonyl (C=O) groups excluding carboxylic acids is 15. The Labute approximate surface area is 824 Å². The number of aliphatic hydroxyl groups excluding tert-OH is 1. The number of unbranched alkanes of at least 4 members (excludes halogenated alkanes) is 1. The van der Waals surface area contributed by atoms with Gasteiger partial charge in [-0.15, -0.1) is 0 Å². The van der Waals surface area contributed by atoms with Crippen LogP contribution < -0.4 is 79.8 Å². The van der Waals surface area contributed by atoms with Crippen molar-refractivity contribution in [2.45, 2.75) is 142 Å². The third-order valence-electron chi connectivity index (χ3n) is 22.3. The van der Waals surface area contributed by atoms with Crippen LogP contribution in [0, 0.1) is 5.92 Å². The van der Waals surface area contributed by atoms with E-state index in [9.17, 15) is 77.0 Å². The monoisotopic (exact) mass is 1980 g/mol.